The van der Waals surface area contributed by atoms with E-state index < -0.39 is 0 Å². The van der Waals surface area contributed by atoms with Crippen molar-refractivity contribution < 1.29 is 25.9 Å². The van der Waals surface area contributed by atoms with Crippen LogP contribution in [0.4, 0.5) is 0 Å². The molecule has 0 aliphatic heterocycles. The molecule has 0 aliphatic carbocycles. The second-order valence-electron chi connectivity index (χ2n) is 1.06. The standard InChI is InChI=1S/C4H8O.4CH3.Pt/c1-3-4(2)5;;;;;/h3H2,1-2H3;4*1H3;/q;4*-1;+4. The predicted octanol–water partition coefficient (Wildman–Crippen LogP) is 2.78. The average Bonchev–Trinajstić information content (AvgIpc) is 1.38. The maximum atomic E-state index is 9.81. The zero-order valence-electron chi connectivity index (χ0n) is 7.93. The Morgan fingerprint density at radius 1 is 1.10 bits per heavy atom. The summed E-state index contributed by atoms with van der Waals surface area (Å²) in [6, 6.07) is 0. The number of hydrogen-bond acceptors (Lipinski definition) is 1. The van der Waals surface area contributed by atoms with Gasteiger partial charge in [0, 0.05) is 6.42 Å². The number of hydrogen-bond donors (Lipinski definition) is 0. The largest absolute Gasteiger partial charge is 4.00 e. The van der Waals surface area contributed by atoms with Crippen molar-refractivity contribution in [3.63, 3.8) is 0 Å². The molecule has 0 atom stereocenters. The van der Waals surface area contributed by atoms with Crippen LogP contribution in [0.3, 0.4) is 0 Å². The molecule has 0 rings (SSSR count). The zero-order chi connectivity index (χ0) is 4.28. The number of Topliss-reactive ketones (excluding diaryl/α,β-unsaturated/α-hetero) is 1. The van der Waals surface area contributed by atoms with Gasteiger partial charge in [0.25, 0.3) is 0 Å². The van der Waals surface area contributed by atoms with Gasteiger partial charge in [-0.15, -0.1) is 0 Å². The van der Waals surface area contributed by atoms with Crippen LogP contribution in [0, 0.1) is 29.7 Å². The first-order chi connectivity index (χ1) is 2.27. The fourth-order valence-electron chi connectivity index (χ4n) is 0. The molecule has 0 fully saturated rings. The third kappa shape index (κ3) is 81.4. The van der Waals surface area contributed by atoms with E-state index in [9.17, 15) is 4.79 Å². The first-order valence-electron chi connectivity index (χ1n) is 1.76. The van der Waals surface area contributed by atoms with Gasteiger partial charge in [0.05, 0.1) is 0 Å². The SMILES string of the molecule is CCC(C)=O.[CH3-].[CH3-].[CH3-].[CH3-].[Pt+4]. The van der Waals surface area contributed by atoms with Crippen molar-refractivity contribution >= 4 is 5.78 Å². The van der Waals surface area contributed by atoms with Crippen LogP contribution in [-0.4, -0.2) is 5.78 Å². The van der Waals surface area contributed by atoms with E-state index in [0.717, 1.165) is 0 Å². The number of carbonyl (C=O) groups is 1. The second kappa shape index (κ2) is 34.4. The molecule has 0 bridgehead atoms. The van der Waals surface area contributed by atoms with E-state index in [1.54, 1.807) is 6.92 Å². The predicted molar refractivity (Wildman–Crippen MR) is 46.6 cm³/mol. The van der Waals surface area contributed by atoms with E-state index in [4.69, 9.17) is 0 Å². The molecule has 10 heavy (non-hydrogen) atoms. The van der Waals surface area contributed by atoms with Crippen LogP contribution in [0.15, 0.2) is 0 Å². The summed E-state index contributed by atoms with van der Waals surface area (Å²) in [4.78, 5) is 9.81. The van der Waals surface area contributed by atoms with E-state index >= 15 is 0 Å². The number of rotatable bonds is 1. The van der Waals surface area contributed by atoms with E-state index in [1.165, 1.54) is 0 Å². The van der Waals surface area contributed by atoms with E-state index in [-0.39, 0.29) is 56.6 Å². The molecule has 2 heteroatoms. The van der Waals surface area contributed by atoms with Crippen molar-refractivity contribution in [2.75, 3.05) is 0 Å². The minimum absolute atomic E-state index is 0. The molecule has 0 heterocycles. The molecule has 0 amide bonds. The molecule has 0 aromatic heterocycles. The van der Waals surface area contributed by atoms with Gasteiger partial charge in [0.15, 0.2) is 0 Å². The minimum atomic E-state index is 0. The Morgan fingerprint density at radius 2 is 1.20 bits per heavy atom. The van der Waals surface area contributed by atoms with Crippen LogP contribution in [-0.2, 0) is 25.9 Å². The molecule has 0 saturated carbocycles. The summed E-state index contributed by atoms with van der Waals surface area (Å²) < 4.78 is 0. The van der Waals surface area contributed by atoms with E-state index in [0.29, 0.717) is 6.42 Å². The fourth-order valence-corrected chi connectivity index (χ4v) is 0. The van der Waals surface area contributed by atoms with Crippen LogP contribution in [0.2, 0.25) is 0 Å². The first kappa shape index (κ1) is 47.8. The van der Waals surface area contributed by atoms with Crippen LogP contribution in [0.25, 0.3) is 0 Å². The fraction of sp³-hybridized carbons (Fsp3) is 0.375. The van der Waals surface area contributed by atoms with Gasteiger partial charge in [0.2, 0.25) is 0 Å². The summed E-state index contributed by atoms with van der Waals surface area (Å²) in [5, 5.41) is 0. The van der Waals surface area contributed by atoms with Gasteiger partial charge in [-0.3, -0.25) is 0 Å². The summed E-state index contributed by atoms with van der Waals surface area (Å²) in [6.45, 7) is 3.43. The van der Waals surface area contributed by atoms with Crippen LogP contribution in [0.1, 0.15) is 20.3 Å². The first-order valence-corrected chi connectivity index (χ1v) is 1.76. The van der Waals surface area contributed by atoms with Gasteiger partial charge >= 0.3 is 21.1 Å². The Bertz CT molecular complexity index is 44.5. The van der Waals surface area contributed by atoms with Gasteiger partial charge in [-0.25, -0.2) is 0 Å². The van der Waals surface area contributed by atoms with Crippen molar-refractivity contribution in [1.82, 2.24) is 0 Å². The zero-order valence-corrected chi connectivity index (χ0v) is 10.2. The number of ketones is 1. The Morgan fingerprint density at radius 3 is 1.20 bits per heavy atom. The molecule has 0 radical (unpaired) electrons. The molecular weight excluding hydrogens is 307 g/mol. The molecule has 0 N–H and O–H groups in total. The van der Waals surface area contributed by atoms with E-state index in [1.807, 2.05) is 6.92 Å². The molecule has 0 aromatic carbocycles. The summed E-state index contributed by atoms with van der Waals surface area (Å²) in [7, 11) is 0. The molecule has 0 aliphatic rings. The Labute approximate surface area is 81.9 Å². The summed E-state index contributed by atoms with van der Waals surface area (Å²) >= 11 is 0. The smallest absolute Gasteiger partial charge is 0.358 e. The molecule has 0 spiro atoms. The molecule has 1 nitrogen and oxygen atoms in total. The van der Waals surface area contributed by atoms with Crippen LogP contribution >= 0.6 is 0 Å². The Kier molecular flexibility index (Phi) is 164. The number of carbonyl (C=O) groups excluding carboxylic acids is 1. The van der Waals surface area contributed by atoms with Gasteiger partial charge in [-0.1, -0.05) is 6.92 Å². The van der Waals surface area contributed by atoms with Crippen LogP contribution in [0.5, 0.6) is 0 Å². The van der Waals surface area contributed by atoms with Crippen molar-refractivity contribution in [2.24, 2.45) is 0 Å². The van der Waals surface area contributed by atoms with Crippen molar-refractivity contribution in [3.05, 3.63) is 29.7 Å². The third-order valence-corrected chi connectivity index (χ3v) is 0.498. The van der Waals surface area contributed by atoms with Gasteiger partial charge < -0.3 is 34.5 Å². The van der Waals surface area contributed by atoms with Crippen molar-refractivity contribution in [3.8, 4) is 0 Å². The summed E-state index contributed by atoms with van der Waals surface area (Å²) in [5.74, 6) is 0.255. The monoisotopic (exact) mass is 327 g/mol. The van der Waals surface area contributed by atoms with Crippen LogP contribution < -0.4 is 0 Å². The molecule has 68 valence electrons. The quantitative estimate of drug-likeness (QED) is 0.677. The molecule has 0 saturated heterocycles. The Hall–Kier alpha value is 0.358. The van der Waals surface area contributed by atoms with Crippen molar-refractivity contribution in [1.29, 1.82) is 0 Å². The maximum Gasteiger partial charge on any atom is 4.00 e. The van der Waals surface area contributed by atoms with Gasteiger partial charge in [-0.05, 0) is 6.92 Å². The Balaban J connectivity index is -0.00000000800. The molecule has 0 unspecified atom stereocenters. The maximum absolute atomic E-state index is 9.81. The van der Waals surface area contributed by atoms with Gasteiger partial charge in [0.1, 0.15) is 5.78 Å². The van der Waals surface area contributed by atoms with Gasteiger partial charge in [-0.2, -0.15) is 0 Å². The van der Waals surface area contributed by atoms with E-state index in [2.05, 4.69) is 0 Å². The average molecular weight is 327 g/mol. The summed E-state index contributed by atoms with van der Waals surface area (Å²) in [5.41, 5.74) is 0. The topological polar surface area (TPSA) is 17.1 Å². The third-order valence-electron chi connectivity index (χ3n) is 0.498. The second-order valence-corrected chi connectivity index (χ2v) is 1.06. The normalized spacial score (nSPS) is 3.80. The minimum Gasteiger partial charge on any atom is -0.358 e. The molecular formula is C8H20OPt. The summed E-state index contributed by atoms with van der Waals surface area (Å²) in [6.07, 6.45) is 0.667. The molecule has 0 aromatic rings. The van der Waals surface area contributed by atoms with Crippen molar-refractivity contribution in [2.45, 2.75) is 20.3 Å².